The van der Waals surface area contributed by atoms with Gasteiger partial charge in [-0.05, 0) is 41.8 Å². The number of aryl methyl sites for hydroxylation is 2. The number of halogens is 1. The molecule has 0 saturated heterocycles. The summed E-state index contributed by atoms with van der Waals surface area (Å²) in [7, 11) is 0. The van der Waals surface area contributed by atoms with E-state index in [1.165, 1.54) is 10.8 Å². The molecule has 5 rings (SSSR count). The lowest BCUT2D eigenvalue weighted by molar-refractivity contribution is 0.983. The Bertz CT molecular complexity index is 1480. The van der Waals surface area contributed by atoms with Gasteiger partial charge in [0, 0.05) is 21.3 Å². The monoisotopic (exact) mass is 474 g/mol. The Morgan fingerprint density at radius 2 is 1.83 bits per heavy atom. The minimum absolute atomic E-state index is 0.0806. The molecule has 0 radical (unpaired) electrons. The molecule has 2 heterocycles. The van der Waals surface area contributed by atoms with E-state index in [0.717, 1.165) is 36.4 Å². The first-order valence-electron chi connectivity index (χ1n) is 9.77. The van der Waals surface area contributed by atoms with E-state index in [4.69, 9.17) is 4.98 Å². The molecule has 5 heteroatoms. The first kappa shape index (κ1) is 19.2. The smallest absolute Gasteiger partial charge is 0.260 e. The number of aromatic amines is 1. The Labute approximate surface area is 186 Å². The van der Waals surface area contributed by atoms with Crippen molar-refractivity contribution in [3.05, 3.63) is 97.3 Å². The van der Waals surface area contributed by atoms with Crippen molar-refractivity contribution in [2.24, 2.45) is 0 Å². The van der Waals surface area contributed by atoms with Crippen LogP contribution >= 0.6 is 27.3 Å². The van der Waals surface area contributed by atoms with Crippen LogP contribution in [0.3, 0.4) is 0 Å². The zero-order valence-corrected chi connectivity index (χ0v) is 19.0. The maximum Gasteiger partial charge on any atom is 0.260 e. The van der Waals surface area contributed by atoms with Crippen molar-refractivity contribution < 1.29 is 0 Å². The fourth-order valence-electron chi connectivity index (χ4n) is 4.03. The van der Waals surface area contributed by atoms with Gasteiger partial charge in [0.25, 0.3) is 5.56 Å². The highest BCUT2D eigenvalue weighted by Crippen LogP contribution is 2.39. The summed E-state index contributed by atoms with van der Waals surface area (Å²) >= 11 is 5.23. The molecule has 2 aromatic heterocycles. The maximum atomic E-state index is 13.2. The number of nitrogens with zero attached hydrogens (tertiary/aromatic N) is 1. The van der Waals surface area contributed by atoms with Crippen molar-refractivity contribution in [1.29, 1.82) is 0 Å². The third-order valence-corrected chi connectivity index (χ3v) is 7.11. The van der Waals surface area contributed by atoms with E-state index in [0.29, 0.717) is 17.6 Å². The average molecular weight is 475 g/mol. The van der Waals surface area contributed by atoms with Gasteiger partial charge in [0.05, 0.1) is 5.39 Å². The van der Waals surface area contributed by atoms with Crippen molar-refractivity contribution in [2.75, 3.05) is 0 Å². The highest BCUT2D eigenvalue weighted by molar-refractivity contribution is 9.10. The average Bonchev–Trinajstić information content (AvgIpc) is 3.06. The molecule has 30 heavy (non-hydrogen) atoms. The van der Waals surface area contributed by atoms with Crippen molar-refractivity contribution in [1.82, 2.24) is 9.97 Å². The number of nitrogens with one attached hydrogen (secondary N) is 1. The number of hydrogen-bond acceptors (Lipinski definition) is 3. The minimum Gasteiger partial charge on any atom is -0.310 e. The molecule has 0 aliphatic rings. The molecular weight excluding hydrogens is 456 g/mol. The van der Waals surface area contributed by atoms with Gasteiger partial charge in [0.15, 0.2) is 0 Å². The summed E-state index contributed by atoms with van der Waals surface area (Å²) in [4.78, 5) is 22.9. The van der Waals surface area contributed by atoms with Gasteiger partial charge >= 0.3 is 0 Å². The molecule has 0 fully saturated rings. The van der Waals surface area contributed by atoms with Gasteiger partial charge in [0.1, 0.15) is 10.7 Å². The van der Waals surface area contributed by atoms with Crippen molar-refractivity contribution in [2.45, 2.75) is 20.3 Å². The van der Waals surface area contributed by atoms with E-state index in [-0.39, 0.29) is 5.56 Å². The van der Waals surface area contributed by atoms with Crippen LogP contribution in [0.5, 0.6) is 0 Å². The molecule has 148 valence electrons. The third kappa shape index (κ3) is 3.28. The van der Waals surface area contributed by atoms with Gasteiger partial charge in [-0.2, -0.15) is 0 Å². The molecule has 0 saturated carbocycles. The summed E-state index contributed by atoms with van der Waals surface area (Å²) in [5, 5.41) is 3.05. The molecular formula is C25H19BrN2OS. The Morgan fingerprint density at radius 1 is 1.03 bits per heavy atom. The summed E-state index contributed by atoms with van der Waals surface area (Å²) in [6.07, 6.45) is 0.590. The van der Waals surface area contributed by atoms with Crippen LogP contribution in [0.1, 0.15) is 21.8 Å². The third-order valence-electron chi connectivity index (χ3n) is 5.42. The Balaban J connectivity index is 1.65. The molecule has 0 amide bonds. The first-order chi connectivity index (χ1) is 14.5. The second-order valence-electron chi connectivity index (χ2n) is 7.52. The van der Waals surface area contributed by atoms with Crippen LogP contribution in [0, 0.1) is 13.8 Å². The fraction of sp³-hybridized carbons (Fsp3) is 0.120. The van der Waals surface area contributed by atoms with Crippen molar-refractivity contribution >= 4 is 48.3 Å². The largest absolute Gasteiger partial charge is 0.310 e. The van der Waals surface area contributed by atoms with Gasteiger partial charge in [-0.15, -0.1) is 11.3 Å². The van der Waals surface area contributed by atoms with E-state index >= 15 is 0 Å². The van der Waals surface area contributed by atoms with E-state index < -0.39 is 0 Å². The zero-order chi connectivity index (χ0) is 20.8. The zero-order valence-electron chi connectivity index (χ0n) is 16.6. The lowest BCUT2D eigenvalue weighted by atomic mass is 10.0. The SMILES string of the molecule is Cc1ccc(Br)c(-c2c(C)sc3nc(Cc4cccc5ccccc45)[nH]c(=O)c23)c1. The summed E-state index contributed by atoms with van der Waals surface area (Å²) in [5.41, 5.74) is 4.24. The molecule has 3 nitrogen and oxygen atoms in total. The van der Waals surface area contributed by atoms with Gasteiger partial charge in [0.2, 0.25) is 0 Å². The molecule has 3 aromatic carbocycles. The molecule has 0 unspecified atom stereocenters. The van der Waals surface area contributed by atoms with Gasteiger partial charge in [-0.1, -0.05) is 76.1 Å². The molecule has 0 aliphatic carbocycles. The Hall–Kier alpha value is -2.76. The molecule has 5 aromatic rings. The van der Waals surface area contributed by atoms with Crippen LogP contribution in [0.4, 0.5) is 0 Å². The number of rotatable bonds is 3. The van der Waals surface area contributed by atoms with E-state index in [9.17, 15) is 4.79 Å². The normalized spacial score (nSPS) is 11.4. The number of benzene rings is 3. The number of thiophene rings is 1. The second kappa shape index (κ2) is 7.49. The Kier molecular flexibility index (Phi) is 4.80. The molecule has 0 bridgehead atoms. The minimum atomic E-state index is -0.0806. The summed E-state index contributed by atoms with van der Waals surface area (Å²) in [6, 6.07) is 20.8. The lowest BCUT2D eigenvalue weighted by Crippen LogP contribution is -2.12. The van der Waals surface area contributed by atoms with Crippen molar-refractivity contribution in [3.8, 4) is 11.1 Å². The van der Waals surface area contributed by atoms with Crippen LogP contribution in [0.2, 0.25) is 0 Å². The molecule has 0 aliphatic heterocycles. The standard InChI is InChI=1S/C25H19BrN2OS/c1-14-10-11-20(26)19(12-14)22-15(2)30-25-23(22)24(29)27-21(28-25)13-17-8-5-7-16-6-3-4-9-18(16)17/h3-12H,13H2,1-2H3,(H,27,28,29). The number of hydrogen-bond donors (Lipinski definition) is 1. The quantitative estimate of drug-likeness (QED) is 0.313. The summed E-state index contributed by atoms with van der Waals surface area (Å²) in [5.74, 6) is 0.694. The van der Waals surface area contributed by atoms with Crippen LogP contribution in [0.25, 0.3) is 32.1 Å². The summed E-state index contributed by atoms with van der Waals surface area (Å²) < 4.78 is 0.982. The number of aromatic nitrogens is 2. The fourth-order valence-corrected chi connectivity index (χ4v) is 5.53. The van der Waals surface area contributed by atoms with Gasteiger partial charge in [-0.3, -0.25) is 4.79 Å². The maximum absolute atomic E-state index is 13.2. The van der Waals surface area contributed by atoms with Crippen LogP contribution in [-0.2, 0) is 6.42 Å². The molecule has 0 spiro atoms. The van der Waals surface area contributed by atoms with E-state index in [2.05, 4.69) is 77.2 Å². The van der Waals surface area contributed by atoms with Gasteiger partial charge < -0.3 is 4.98 Å². The first-order valence-corrected chi connectivity index (χ1v) is 11.4. The predicted molar refractivity (Wildman–Crippen MR) is 130 cm³/mol. The summed E-state index contributed by atoms with van der Waals surface area (Å²) in [6.45, 7) is 4.12. The second-order valence-corrected chi connectivity index (χ2v) is 9.58. The Morgan fingerprint density at radius 3 is 2.70 bits per heavy atom. The number of H-pyrrole nitrogens is 1. The van der Waals surface area contributed by atoms with Gasteiger partial charge in [-0.25, -0.2) is 4.98 Å². The lowest BCUT2D eigenvalue weighted by Gasteiger charge is -2.08. The number of fused-ring (bicyclic) bond motifs is 2. The van der Waals surface area contributed by atoms with Crippen molar-refractivity contribution in [3.63, 3.8) is 0 Å². The topological polar surface area (TPSA) is 45.8 Å². The molecule has 0 atom stereocenters. The van der Waals surface area contributed by atoms with Crippen LogP contribution in [-0.4, -0.2) is 9.97 Å². The highest BCUT2D eigenvalue weighted by atomic mass is 79.9. The predicted octanol–water partition coefficient (Wildman–Crippen LogP) is 6.77. The van der Waals surface area contributed by atoms with Crippen LogP contribution < -0.4 is 5.56 Å². The van der Waals surface area contributed by atoms with Crippen LogP contribution in [0.15, 0.2) is 69.9 Å². The molecule has 1 N–H and O–H groups in total. The van der Waals surface area contributed by atoms with E-state index in [1.807, 2.05) is 18.2 Å². The van der Waals surface area contributed by atoms with E-state index in [1.54, 1.807) is 11.3 Å². The highest BCUT2D eigenvalue weighted by Gasteiger charge is 2.19.